The second-order valence-corrected chi connectivity index (χ2v) is 6.58. The lowest BCUT2D eigenvalue weighted by atomic mass is 10.3. The van der Waals surface area contributed by atoms with Gasteiger partial charge in [-0.3, -0.25) is 9.78 Å². The molecule has 0 saturated heterocycles. The maximum Gasteiger partial charge on any atom is 0.235 e. The molecule has 0 aliphatic carbocycles. The summed E-state index contributed by atoms with van der Waals surface area (Å²) in [7, 11) is -3.29. The highest BCUT2D eigenvalue weighted by Gasteiger charge is 2.15. The van der Waals surface area contributed by atoms with Crippen LogP contribution in [0.3, 0.4) is 0 Å². The molecule has 0 unspecified atom stereocenters. The van der Waals surface area contributed by atoms with E-state index < -0.39 is 21.5 Å². The smallest absolute Gasteiger partial charge is 0.235 e. The Balaban J connectivity index is 2.34. The third-order valence-electron chi connectivity index (χ3n) is 2.60. The summed E-state index contributed by atoms with van der Waals surface area (Å²) in [4.78, 5) is 15.6. The average molecular weight is 284 g/mol. The van der Waals surface area contributed by atoms with E-state index in [4.69, 9.17) is 0 Å². The normalized spacial score (nSPS) is 11.2. The molecule has 1 aromatic rings. The number of sulfone groups is 1. The zero-order valence-corrected chi connectivity index (χ0v) is 11.9. The summed E-state index contributed by atoms with van der Waals surface area (Å²) in [6, 6.07) is 5.37. The van der Waals surface area contributed by atoms with Crippen molar-refractivity contribution in [1.82, 2.24) is 10.3 Å². The molecule has 0 aromatic carbocycles. The summed E-state index contributed by atoms with van der Waals surface area (Å²) in [6.07, 6.45) is 4.07. The molecule has 1 amide bonds. The van der Waals surface area contributed by atoms with Gasteiger partial charge in [0.25, 0.3) is 0 Å². The molecule has 0 spiro atoms. The molecule has 1 rings (SSSR count). The fraction of sp³-hybridized carbons (Fsp3) is 0.538. The minimum atomic E-state index is -3.29. The highest BCUT2D eigenvalue weighted by molar-refractivity contribution is 7.92. The van der Waals surface area contributed by atoms with Crippen LogP contribution >= 0.6 is 0 Å². The van der Waals surface area contributed by atoms with Crippen LogP contribution < -0.4 is 5.32 Å². The van der Waals surface area contributed by atoms with Gasteiger partial charge in [0.15, 0.2) is 9.84 Å². The Morgan fingerprint density at radius 3 is 2.74 bits per heavy atom. The number of pyridine rings is 1. The maximum absolute atomic E-state index is 11.7. The van der Waals surface area contributed by atoms with Crippen LogP contribution in [-0.4, -0.2) is 30.8 Å². The Morgan fingerprint density at radius 1 is 1.32 bits per heavy atom. The third-order valence-corrected chi connectivity index (χ3v) is 4.22. The predicted molar refractivity (Wildman–Crippen MR) is 74.3 cm³/mol. The standard InChI is InChI=1S/C13H20N2O3S/c1-2-3-6-9-19(17,18)11-13(16)15-10-12-7-4-5-8-14-12/h4-5,7-8H,2-3,6,9-11H2,1H3,(H,15,16). The van der Waals surface area contributed by atoms with Crippen LogP contribution in [0.5, 0.6) is 0 Å². The van der Waals surface area contributed by atoms with E-state index in [0.29, 0.717) is 12.1 Å². The molecule has 19 heavy (non-hydrogen) atoms. The zero-order valence-electron chi connectivity index (χ0n) is 11.1. The summed E-state index contributed by atoms with van der Waals surface area (Å²) in [5.74, 6) is -0.830. The quantitative estimate of drug-likeness (QED) is 0.730. The molecule has 0 fully saturated rings. The minimum absolute atomic E-state index is 0.0812. The fourth-order valence-electron chi connectivity index (χ4n) is 1.59. The van der Waals surface area contributed by atoms with Crippen LogP contribution in [0.25, 0.3) is 0 Å². The average Bonchev–Trinajstić information content (AvgIpc) is 2.37. The second-order valence-electron chi connectivity index (χ2n) is 4.40. The number of hydrogen-bond donors (Lipinski definition) is 1. The Hall–Kier alpha value is -1.43. The first kappa shape index (κ1) is 15.6. The van der Waals surface area contributed by atoms with E-state index in [1.807, 2.05) is 13.0 Å². The number of carbonyl (C=O) groups is 1. The summed E-state index contributed by atoms with van der Waals surface area (Å²) >= 11 is 0. The van der Waals surface area contributed by atoms with Crippen molar-refractivity contribution in [2.24, 2.45) is 0 Å². The number of unbranched alkanes of at least 4 members (excludes halogenated alkanes) is 2. The van der Waals surface area contributed by atoms with Gasteiger partial charge in [0.2, 0.25) is 5.91 Å². The van der Waals surface area contributed by atoms with Crippen molar-refractivity contribution in [2.75, 3.05) is 11.5 Å². The lowest BCUT2D eigenvalue weighted by Gasteiger charge is -2.06. The Morgan fingerprint density at radius 2 is 2.11 bits per heavy atom. The van der Waals surface area contributed by atoms with Crippen molar-refractivity contribution in [3.63, 3.8) is 0 Å². The van der Waals surface area contributed by atoms with E-state index in [-0.39, 0.29) is 12.3 Å². The summed E-state index contributed by atoms with van der Waals surface area (Å²) < 4.78 is 23.3. The highest BCUT2D eigenvalue weighted by Crippen LogP contribution is 2.00. The second kappa shape index (κ2) is 7.89. The zero-order chi connectivity index (χ0) is 14.1. The van der Waals surface area contributed by atoms with Crippen molar-refractivity contribution in [3.05, 3.63) is 30.1 Å². The molecule has 0 aliphatic rings. The molecule has 0 radical (unpaired) electrons. The van der Waals surface area contributed by atoms with Gasteiger partial charge < -0.3 is 5.32 Å². The van der Waals surface area contributed by atoms with Crippen molar-refractivity contribution in [1.29, 1.82) is 0 Å². The fourth-order valence-corrected chi connectivity index (χ4v) is 2.88. The van der Waals surface area contributed by atoms with Gasteiger partial charge in [0.05, 0.1) is 18.0 Å². The molecule has 0 bridgehead atoms. The van der Waals surface area contributed by atoms with Crippen LogP contribution in [-0.2, 0) is 21.2 Å². The Bertz CT molecular complexity index is 486. The molecule has 0 atom stereocenters. The first-order chi connectivity index (χ1) is 9.03. The number of nitrogens with one attached hydrogen (secondary N) is 1. The molecule has 1 N–H and O–H groups in total. The van der Waals surface area contributed by atoms with Crippen LogP contribution in [0.1, 0.15) is 31.9 Å². The molecular formula is C13H20N2O3S. The van der Waals surface area contributed by atoms with Gasteiger partial charge in [-0.05, 0) is 18.6 Å². The van der Waals surface area contributed by atoms with Gasteiger partial charge in [-0.1, -0.05) is 25.8 Å². The van der Waals surface area contributed by atoms with Crippen LogP contribution in [0.15, 0.2) is 24.4 Å². The predicted octanol–water partition coefficient (Wildman–Crippen LogP) is 1.30. The van der Waals surface area contributed by atoms with Crippen LogP contribution in [0.4, 0.5) is 0 Å². The number of amides is 1. The molecule has 0 aliphatic heterocycles. The first-order valence-electron chi connectivity index (χ1n) is 6.40. The van der Waals surface area contributed by atoms with E-state index in [1.54, 1.807) is 18.3 Å². The molecule has 1 aromatic heterocycles. The SMILES string of the molecule is CCCCCS(=O)(=O)CC(=O)NCc1ccccn1. The maximum atomic E-state index is 11.7. The topological polar surface area (TPSA) is 76.1 Å². The van der Waals surface area contributed by atoms with Crippen molar-refractivity contribution < 1.29 is 13.2 Å². The molecule has 106 valence electrons. The number of rotatable bonds is 8. The van der Waals surface area contributed by atoms with E-state index in [0.717, 1.165) is 12.8 Å². The van der Waals surface area contributed by atoms with Gasteiger partial charge >= 0.3 is 0 Å². The minimum Gasteiger partial charge on any atom is -0.350 e. The molecule has 6 heteroatoms. The lowest BCUT2D eigenvalue weighted by Crippen LogP contribution is -2.31. The van der Waals surface area contributed by atoms with E-state index >= 15 is 0 Å². The lowest BCUT2D eigenvalue weighted by molar-refractivity contribution is -0.118. The molecule has 5 nitrogen and oxygen atoms in total. The largest absolute Gasteiger partial charge is 0.350 e. The molecule has 0 saturated carbocycles. The van der Waals surface area contributed by atoms with E-state index in [1.165, 1.54) is 0 Å². The molecular weight excluding hydrogens is 264 g/mol. The van der Waals surface area contributed by atoms with E-state index in [2.05, 4.69) is 10.3 Å². The van der Waals surface area contributed by atoms with Crippen molar-refractivity contribution in [2.45, 2.75) is 32.7 Å². The van der Waals surface area contributed by atoms with Gasteiger partial charge in [-0.15, -0.1) is 0 Å². The summed E-state index contributed by atoms with van der Waals surface area (Å²) in [5.41, 5.74) is 0.708. The van der Waals surface area contributed by atoms with Crippen molar-refractivity contribution >= 4 is 15.7 Å². The van der Waals surface area contributed by atoms with Crippen LogP contribution in [0, 0.1) is 0 Å². The molecule has 1 heterocycles. The van der Waals surface area contributed by atoms with Gasteiger partial charge in [0, 0.05) is 6.20 Å². The van der Waals surface area contributed by atoms with Crippen LogP contribution in [0.2, 0.25) is 0 Å². The first-order valence-corrected chi connectivity index (χ1v) is 8.22. The van der Waals surface area contributed by atoms with Gasteiger partial charge in [-0.2, -0.15) is 0 Å². The third kappa shape index (κ3) is 6.91. The number of carbonyl (C=O) groups excluding carboxylic acids is 1. The highest BCUT2D eigenvalue weighted by atomic mass is 32.2. The van der Waals surface area contributed by atoms with Crippen molar-refractivity contribution in [3.8, 4) is 0 Å². The summed E-state index contributed by atoms with van der Waals surface area (Å²) in [5, 5.41) is 2.56. The number of nitrogens with zero attached hydrogens (tertiary/aromatic N) is 1. The van der Waals surface area contributed by atoms with Gasteiger partial charge in [-0.25, -0.2) is 8.42 Å². The monoisotopic (exact) mass is 284 g/mol. The summed E-state index contributed by atoms with van der Waals surface area (Å²) in [6.45, 7) is 2.26. The number of aromatic nitrogens is 1. The van der Waals surface area contributed by atoms with E-state index in [9.17, 15) is 13.2 Å². The Kier molecular flexibility index (Phi) is 6.49. The van der Waals surface area contributed by atoms with Gasteiger partial charge in [0.1, 0.15) is 5.75 Å². The number of hydrogen-bond acceptors (Lipinski definition) is 4. The Labute approximate surface area is 114 Å².